The summed E-state index contributed by atoms with van der Waals surface area (Å²) in [7, 11) is -4.08. The molecule has 2 unspecified atom stereocenters. The Morgan fingerprint density at radius 3 is 1.71 bits per heavy atom. The lowest BCUT2D eigenvalue weighted by Gasteiger charge is -2.37. The zero-order valence-electron chi connectivity index (χ0n) is 18.9. The molecule has 0 spiro atoms. The molecule has 2 atom stereocenters. The van der Waals surface area contributed by atoms with Gasteiger partial charge in [0.25, 0.3) is 0 Å². The van der Waals surface area contributed by atoms with E-state index in [0.717, 1.165) is 43.4 Å². The summed E-state index contributed by atoms with van der Waals surface area (Å²) in [4.78, 5) is 9.77. The Hall–Kier alpha value is 0.0300. The van der Waals surface area contributed by atoms with Gasteiger partial charge in [0.2, 0.25) is 0 Å². The molecule has 0 aliphatic heterocycles. The second-order valence-corrected chi connectivity index (χ2v) is 9.36. The van der Waals surface area contributed by atoms with Gasteiger partial charge < -0.3 is 14.5 Å². The first-order chi connectivity index (χ1) is 13.3. The number of phosphoric ester groups is 1. The van der Waals surface area contributed by atoms with Crippen LogP contribution in [0.25, 0.3) is 0 Å². The first-order valence-electron chi connectivity index (χ1n) is 11.5. The van der Waals surface area contributed by atoms with Crippen LogP contribution in [-0.2, 0) is 13.6 Å². The van der Waals surface area contributed by atoms with E-state index in [1.165, 1.54) is 44.9 Å². The van der Waals surface area contributed by atoms with Crippen molar-refractivity contribution in [1.82, 2.24) is 0 Å². The van der Waals surface area contributed by atoms with Crippen molar-refractivity contribution < 1.29 is 28.1 Å². The molecule has 7 heteroatoms. The van der Waals surface area contributed by atoms with Crippen LogP contribution in [0.5, 0.6) is 0 Å². The van der Waals surface area contributed by atoms with Crippen LogP contribution >= 0.6 is 7.82 Å². The molecule has 6 nitrogen and oxygen atoms in total. The van der Waals surface area contributed by atoms with Gasteiger partial charge in [0.1, 0.15) is 12.6 Å². The number of likely N-dealkylation sites (N-methyl/N-ethyl adjacent to an activating group) is 1. The molecule has 0 saturated heterocycles. The number of hydrogen-bond acceptors (Lipinski definition) is 4. The van der Waals surface area contributed by atoms with Crippen LogP contribution in [0.2, 0.25) is 0 Å². The number of quaternary nitrogens is 1. The average molecular weight is 425 g/mol. The third-order valence-corrected chi connectivity index (χ3v) is 6.78. The predicted molar refractivity (Wildman–Crippen MR) is 116 cm³/mol. The van der Waals surface area contributed by atoms with Crippen molar-refractivity contribution in [3.05, 3.63) is 0 Å². The third kappa shape index (κ3) is 14.1. The molecule has 2 N–H and O–H groups in total. The fraction of sp³-hybridized carbons (Fsp3) is 1.00. The highest BCUT2D eigenvalue weighted by atomic mass is 31.2. The van der Waals surface area contributed by atoms with Gasteiger partial charge in [-0.3, -0.25) is 9.05 Å². The number of aliphatic hydroxyl groups is 1. The number of rotatable bonds is 20. The zero-order valence-corrected chi connectivity index (χ0v) is 19.8. The molecule has 0 aromatic carbocycles. The summed E-state index contributed by atoms with van der Waals surface area (Å²) in [5, 5.41) is 10.2. The SMILES string of the molecule is CCCCCCCCCCCCOP(=O)(O)OCC(O)C[N+](CC)(CC)CC. The molecule has 0 aliphatic carbocycles. The van der Waals surface area contributed by atoms with Gasteiger partial charge in [-0.05, 0) is 27.2 Å². The van der Waals surface area contributed by atoms with Crippen LogP contribution in [0.1, 0.15) is 91.9 Å². The Morgan fingerprint density at radius 1 is 0.786 bits per heavy atom. The van der Waals surface area contributed by atoms with Gasteiger partial charge in [-0.2, -0.15) is 0 Å². The van der Waals surface area contributed by atoms with Crippen LogP contribution in [-0.4, -0.2) is 60.0 Å². The molecule has 28 heavy (non-hydrogen) atoms. The van der Waals surface area contributed by atoms with Crippen LogP contribution in [0, 0.1) is 0 Å². The van der Waals surface area contributed by atoms with Gasteiger partial charge in [-0.15, -0.1) is 0 Å². The van der Waals surface area contributed by atoms with Gasteiger partial charge in [-0.25, -0.2) is 4.57 Å². The summed E-state index contributed by atoms with van der Waals surface area (Å²) in [6, 6.07) is 0. The predicted octanol–water partition coefficient (Wildman–Crippen LogP) is 5.28. The molecule has 0 aliphatic rings. The lowest BCUT2D eigenvalue weighted by molar-refractivity contribution is -0.926. The number of aliphatic hydroxyl groups excluding tert-OH is 1. The van der Waals surface area contributed by atoms with Gasteiger partial charge in [0.15, 0.2) is 0 Å². The summed E-state index contributed by atoms with van der Waals surface area (Å²) in [5.41, 5.74) is 0. The highest BCUT2D eigenvalue weighted by Gasteiger charge is 2.28. The van der Waals surface area contributed by atoms with Crippen LogP contribution < -0.4 is 0 Å². The normalized spacial score (nSPS) is 15.5. The molecular weight excluding hydrogens is 377 g/mol. The van der Waals surface area contributed by atoms with Crippen molar-refractivity contribution in [3.63, 3.8) is 0 Å². The van der Waals surface area contributed by atoms with Gasteiger partial charge in [0.05, 0.1) is 32.8 Å². The lowest BCUT2D eigenvalue weighted by Crippen LogP contribution is -2.52. The van der Waals surface area contributed by atoms with E-state index in [-0.39, 0.29) is 13.2 Å². The maximum Gasteiger partial charge on any atom is 0.472 e. The number of unbranched alkanes of at least 4 members (excludes halogenated alkanes) is 9. The number of hydrogen-bond donors (Lipinski definition) is 2. The molecule has 0 bridgehead atoms. The van der Waals surface area contributed by atoms with E-state index in [9.17, 15) is 14.6 Å². The zero-order chi connectivity index (χ0) is 21.3. The van der Waals surface area contributed by atoms with Crippen LogP contribution in [0.4, 0.5) is 0 Å². The average Bonchev–Trinajstić information content (AvgIpc) is 2.69. The van der Waals surface area contributed by atoms with Crippen molar-refractivity contribution in [2.24, 2.45) is 0 Å². The van der Waals surface area contributed by atoms with E-state index >= 15 is 0 Å². The lowest BCUT2D eigenvalue weighted by atomic mass is 10.1. The number of nitrogens with zero attached hydrogens (tertiary/aromatic N) is 1. The van der Waals surface area contributed by atoms with Crippen molar-refractivity contribution >= 4 is 7.82 Å². The van der Waals surface area contributed by atoms with Crippen molar-refractivity contribution in [3.8, 4) is 0 Å². The van der Waals surface area contributed by atoms with Crippen LogP contribution in [0.3, 0.4) is 0 Å². The third-order valence-electron chi connectivity index (χ3n) is 5.79. The molecule has 0 fully saturated rings. The molecule has 0 rings (SSSR count). The quantitative estimate of drug-likeness (QED) is 0.158. The maximum atomic E-state index is 11.9. The van der Waals surface area contributed by atoms with Gasteiger partial charge in [-0.1, -0.05) is 64.7 Å². The van der Waals surface area contributed by atoms with E-state index in [4.69, 9.17) is 9.05 Å². The number of phosphoric acid groups is 1. The fourth-order valence-electron chi connectivity index (χ4n) is 3.54. The Labute approximate surface area is 173 Å². The van der Waals surface area contributed by atoms with E-state index in [2.05, 4.69) is 27.7 Å². The van der Waals surface area contributed by atoms with Crippen molar-refractivity contribution in [2.45, 2.75) is 98.0 Å². The minimum atomic E-state index is -4.08. The molecular formula is C21H47NO5P+. The molecule has 0 heterocycles. The maximum absolute atomic E-state index is 11.9. The largest absolute Gasteiger partial charge is 0.472 e. The molecule has 0 radical (unpaired) electrons. The Morgan fingerprint density at radius 2 is 1.25 bits per heavy atom. The first-order valence-corrected chi connectivity index (χ1v) is 13.0. The summed E-state index contributed by atoms with van der Waals surface area (Å²) in [5.74, 6) is 0. The smallest absolute Gasteiger partial charge is 0.385 e. The molecule has 0 aromatic rings. The topological polar surface area (TPSA) is 76.0 Å². The van der Waals surface area contributed by atoms with E-state index in [0.29, 0.717) is 6.54 Å². The summed E-state index contributed by atoms with van der Waals surface area (Å²) in [6.45, 7) is 11.8. The second-order valence-electron chi connectivity index (χ2n) is 7.91. The van der Waals surface area contributed by atoms with E-state index in [1.54, 1.807) is 0 Å². The highest BCUT2D eigenvalue weighted by molar-refractivity contribution is 7.47. The summed E-state index contributed by atoms with van der Waals surface area (Å²) >= 11 is 0. The second kappa shape index (κ2) is 16.8. The summed E-state index contributed by atoms with van der Waals surface area (Å²) in [6.07, 6.45) is 11.2. The monoisotopic (exact) mass is 424 g/mol. The van der Waals surface area contributed by atoms with Gasteiger partial charge in [0, 0.05) is 0 Å². The Bertz CT molecular complexity index is 396. The first kappa shape index (κ1) is 28.0. The van der Waals surface area contributed by atoms with E-state index in [1.807, 2.05) is 0 Å². The van der Waals surface area contributed by atoms with Gasteiger partial charge >= 0.3 is 7.82 Å². The van der Waals surface area contributed by atoms with E-state index < -0.39 is 13.9 Å². The minimum absolute atomic E-state index is 0.175. The standard InChI is InChI=1S/C21H46NO5P/c1-5-9-10-11-12-13-14-15-16-17-18-26-28(24,25)27-20-21(23)19-22(6-2,7-3)8-4/h21,23H,5-20H2,1-4H3/p+1. The molecule has 170 valence electrons. The van der Waals surface area contributed by atoms with Crippen molar-refractivity contribution in [1.29, 1.82) is 0 Å². The summed E-state index contributed by atoms with van der Waals surface area (Å²) < 4.78 is 22.7. The Balaban J connectivity index is 3.79. The highest BCUT2D eigenvalue weighted by Crippen LogP contribution is 2.43. The molecule has 0 aromatic heterocycles. The fourth-order valence-corrected chi connectivity index (χ4v) is 4.34. The van der Waals surface area contributed by atoms with Crippen LogP contribution in [0.15, 0.2) is 0 Å². The molecule has 0 saturated carbocycles. The minimum Gasteiger partial charge on any atom is -0.385 e. The Kier molecular flexibility index (Phi) is 16.8. The molecule has 0 amide bonds. The van der Waals surface area contributed by atoms with Crippen molar-refractivity contribution in [2.75, 3.05) is 39.4 Å².